The standard InChI is InChI=1S/C21H21FN4O.C17H22FN3O2.C7H14.C2H6.CH3NO/c22-18-14-23-21(24-16-8-2-1-3-9-16)25-20(18)15-7-6-10-17(13-15)26-12-5-4-11-19(26)27;1-21-8-6-11(7-9-21)13-3-2-12(10-14(13)18)19-15-4-5-16(22)20-17(15)23;1-7-5-3-2-4-6-7;1-2;2-1-3/h4-7,10-14,16H,1-3,8-9H2,(H,23,24,25);2-3,10-11,15,19H,4-9H2,1H3,(H,20,22,23);7H,2-6H2,1H3;1-2H3;1H,(H2,2,3). The van der Waals surface area contributed by atoms with Gasteiger partial charge in [-0.25, -0.2) is 18.7 Å². The van der Waals surface area contributed by atoms with E-state index in [0.717, 1.165) is 50.3 Å². The minimum atomic E-state index is -0.485. The summed E-state index contributed by atoms with van der Waals surface area (Å²) in [5.74, 6) is 0.432. The zero-order valence-electron chi connectivity index (χ0n) is 36.9. The van der Waals surface area contributed by atoms with Crippen LogP contribution in [0.5, 0.6) is 0 Å². The second-order valence-corrected chi connectivity index (χ2v) is 16.2. The van der Waals surface area contributed by atoms with Crippen molar-refractivity contribution in [3.63, 3.8) is 0 Å². The van der Waals surface area contributed by atoms with Gasteiger partial charge in [0.1, 0.15) is 17.6 Å². The molecule has 2 aliphatic carbocycles. The lowest BCUT2D eigenvalue weighted by Gasteiger charge is -2.29. The highest BCUT2D eigenvalue weighted by Gasteiger charge is 2.27. The Morgan fingerprint density at radius 2 is 1.48 bits per heavy atom. The Bertz CT molecular complexity index is 2060. The molecule has 0 radical (unpaired) electrons. The number of nitrogens with one attached hydrogen (secondary N) is 3. The van der Waals surface area contributed by atoms with Gasteiger partial charge in [-0.15, -0.1) is 0 Å². The van der Waals surface area contributed by atoms with Crippen molar-refractivity contribution in [2.24, 2.45) is 11.7 Å². The zero-order chi connectivity index (χ0) is 44.9. The summed E-state index contributed by atoms with van der Waals surface area (Å²) in [6.07, 6.45) is 19.1. The maximum Gasteiger partial charge on any atom is 0.255 e. The number of nitrogens with zero attached hydrogens (tertiary/aromatic N) is 4. The van der Waals surface area contributed by atoms with Crippen LogP contribution in [0.3, 0.4) is 0 Å². The number of hydrogen-bond acceptors (Lipinski definition) is 9. The van der Waals surface area contributed by atoms with E-state index < -0.39 is 11.9 Å². The number of rotatable bonds is 7. The van der Waals surface area contributed by atoms with Gasteiger partial charge in [0.15, 0.2) is 5.82 Å². The Labute approximate surface area is 365 Å². The number of primary amides is 1. The molecule has 8 rings (SSSR count). The van der Waals surface area contributed by atoms with Gasteiger partial charge < -0.3 is 21.3 Å². The molecule has 4 aliphatic rings. The summed E-state index contributed by atoms with van der Waals surface area (Å²) in [7, 11) is 2.08. The maximum atomic E-state index is 14.4. The van der Waals surface area contributed by atoms with Crippen LogP contribution in [0.4, 0.5) is 20.4 Å². The van der Waals surface area contributed by atoms with Gasteiger partial charge >= 0.3 is 0 Å². The predicted molar refractivity (Wildman–Crippen MR) is 243 cm³/mol. The molecule has 0 bridgehead atoms. The van der Waals surface area contributed by atoms with Crippen molar-refractivity contribution in [2.75, 3.05) is 30.8 Å². The number of aromatic nitrogens is 3. The van der Waals surface area contributed by atoms with Crippen LogP contribution in [0.25, 0.3) is 16.9 Å². The van der Waals surface area contributed by atoms with Gasteiger partial charge in [-0.2, -0.15) is 0 Å². The number of benzene rings is 2. The Kier molecular flexibility index (Phi) is 20.7. The second-order valence-electron chi connectivity index (χ2n) is 16.2. The lowest BCUT2D eigenvalue weighted by Crippen LogP contribution is -2.47. The van der Waals surface area contributed by atoms with E-state index >= 15 is 0 Å². The Hall–Kier alpha value is -5.50. The predicted octanol–water partition coefficient (Wildman–Crippen LogP) is 8.74. The third-order valence-corrected chi connectivity index (χ3v) is 11.5. The minimum Gasteiger partial charge on any atom is -0.374 e. The molecule has 0 spiro atoms. The molecule has 62 heavy (non-hydrogen) atoms. The van der Waals surface area contributed by atoms with Gasteiger partial charge in [0, 0.05) is 41.7 Å². The molecule has 12 nitrogen and oxygen atoms in total. The van der Waals surface area contributed by atoms with Crippen LogP contribution in [-0.4, -0.2) is 69.9 Å². The fraction of sp³-hybridized carbons (Fsp3) is 0.500. The lowest BCUT2D eigenvalue weighted by molar-refractivity contribution is -0.133. The van der Waals surface area contributed by atoms with E-state index in [0.29, 0.717) is 41.8 Å². The summed E-state index contributed by atoms with van der Waals surface area (Å²) in [5.41, 5.74) is 6.86. The molecular formula is C48H66F2N8O4. The van der Waals surface area contributed by atoms with Crippen LogP contribution in [-0.2, 0) is 14.4 Å². The summed E-state index contributed by atoms with van der Waals surface area (Å²) in [6.45, 7) is 8.33. The van der Waals surface area contributed by atoms with E-state index in [1.165, 1.54) is 74.3 Å². The number of halogens is 2. The first-order chi connectivity index (χ1) is 30.0. The number of imide groups is 1. The molecule has 4 heterocycles. The van der Waals surface area contributed by atoms with Crippen LogP contribution >= 0.6 is 0 Å². The average molecular weight is 857 g/mol. The van der Waals surface area contributed by atoms with E-state index in [9.17, 15) is 23.2 Å². The van der Waals surface area contributed by atoms with E-state index in [1.54, 1.807) is 36.5 Å². The van der Waals surface area contributed by atoms with Gasteiger partial charge in [-0.3, -0.25) is 29.1 Å². The molecule has 14 heteroatoms. The van der Waals surface area contributed by atoms with Crippen molar-refractivity contribution >= 4 is 29.9 Å². The zero-order valence-corrected chi connectivity index (χ0v) is 36.9. The number of nitrogens with two attached hydrogens (primary N) is 1. The molecular weight excluding hydrogens is 791 g/mol. The lowest BCUT2D eigenvalue weighted by atomic mass is 9.89. The highest BCUT2D eigenvalue weighted by atomic mass is 19.1. The monoisotopic (exact) mass is 857 g/mol. The number of pyridine rings is 1. The molecule has 1 unspecified atom stereocenters. The maximum absolute atomic E-state index is 14.4. The van der Waals surface area contributed by atoms with E-state index in [2.05, 4.69) is 50.5 Å². The normalized spacial score (nSPS) is 18.4. The van der Waals surface area contributed by atoms with Gasteiger partial charge in [-0.05, 0) is 100.0 Å². The fourth-order valence-corrected chi connectivity index (χ4v) is 8.12. The molecule has 2 aromatic heterocycles. The van der Waals surface area contributed by atoms with E-state index in [1.807, 2.05) is 32.0 Å². The summed E-state index contributed by atoms with van der Waals surface area (Å²) in [6, 6.07) is 17.1. The van der Waals surface area contributed by atoms with Crippen LogP contribution in [0.2, 0.25) is 0 Å². The van der Waals surface area contributed by atoms with Crippen molar-refractivity contribution in [2.45, 2.75) is 129 Å². The van der Waals surface area contributed by atoms with Crippen molar-refractivity contribution in [1.29, 1.82) is 0 Å². The Morgan fingerprint density at radius 3 is 2.10 bits per heavy atom. The molecule has 2 aromatic carbocycles. The molecule has 2 aliphatic heterocycles. The summed E-state index contributed by atoms with van der Waals surface area (Å²) in [5, 5.41) is 8.64. The van der Waals surface area contributed by atoms with Crippen LogP contribution < -0.4 is 27.2 Å². The second kappa shape index (κ2) is 26.1. The van der Waals surface area contributed by atoms with Gasteiger partial charge in [-0.1, -0.05) is 96.4 Å². The highest BCUT2D eigenvalue weighted by molar-refractivity contribution is 6.01. The number of anilines is 2. The van der Waals surface area contributed by atoms with Crippen LogP contribution in [0.1, 0.15) is 122 Å². The fourth-order valence-electron chi connectivity index (χ4n) is 8.12. The smallest absolute Gasteiger partial charge is 0.255 e. The van der Waals surface area contributed by atoms with Gasteiger partial charge in [0.25, 0.3) is 5.56 Å². The van der Waals surface area contributed by atoms with Crippen molar-refractivity contribution in [3.8, 4) is 16.9 Å². The molecule has 4 fully saturated rings. The first kappa shape index (κ1) is 49.2. The highest BCUT2D eigenvalue weighted by Crippen LogP contribution is 2.31. The number of piperidine rings is 2. The van der Waals surface area contributed by atoms with Crippen molar-refractivity contribution < 1.29 is 23.2 Å². The van der Waals surface area contributed by atoms with Crippen molar-refractivity contribution in [3.05, 3.63) is 101 Å². The SMILES string of the molecule is CC.CC1CCCCC1.CN1CCC(c2ccc(NC3CCC(=O)NC3=O)cc2F)CC1.NC=O.O=c1ccccn1-c1cccc(-c2nc(NC3CCCCC3)ncc2F)c1. The number of carbonyl (C=O) groups is 3. The van der Waals surface area contributed by atoms with Gasteiger partial charge in [0.05, 0.1) is 6.20 Å². The number of carbonyl (C=O) groups excluding carboxylic acids is 3. The molecule has 2 saturated heterocycles. The quantitative estimate of drug-likeness (QED) is 0.105. The first-order valence-corrected chi connectivity index (χ1v) is 22.4. The number of hydrogen-bond donors (Lipinski definition) is 4. The average Bonchev–Trinajstić information content (AvgIpc) is 3.28. The van der Waals surface area contributed by atoms with Crippen LogP contribution in [0.15, 0.2) is 77.9 Å². The molecule has 2 saturated carbocycles. The molecule has 5 N–H and O–H groups in total. The largest absolute Gasteiger partial charge is 0.374 e. The molecule has 336 valence electrons. The van der Waals surface area contributed by atoms with Crippen molar-refractivity contribution in [1.82, 2.24) is 24.8 Å². The topological polar surface area (TPSA) is 164 Å². The molecule has 4 aromatic rings. The summed E-state index contributed by atoms with van der Waals surface area (Å²) >= 11 is 0. The third-order valence-electron chi connectivity index (χ3n) is 11.5. The van der Waals surface area contributed by atoms with E-state index in [-0.39, 0.29) is 41.2 Å². The third kappa shape index (κ3) is 15.4. The summed E-state index contributed by atoms with van der Waals surface area (Å²) in [4.78, 5) is 54.3. The number of likely N-dealkylation sites (tertiary alicyclic amines) is 1. The molecule has 1 atom stereocenters. The summed E-state index contributed by atoms with van der Waals surface area (Å²) < 4.78 is 30.4. The van der Waals surface area contributed by atoms with Gasteiger partial charge in [0.2, 0.25) is 24.2 Å². The molecule has 3 amide bonds. The van der Waals surface area contributed by atoms with Crippen LogP contribution in [0, 0.1) is 17.6 Å². The number of amides is 3. The first-order valence-electron chi connectivity index (χ1n) is 22.4. The Balaban J connectivity index is 0.000000218. The van der Waals surface area contributed by atoms with E-state index in [4.69, 9.17) is 4.79 Å². The Morgan fingerprint density at radius 1 is 0.806 bits per heavy atom. The minimum absolute atomic E-state index is 0.141.